The van der Waals surface area contributed by atoms with Crippen molar-refractivity contribution in [1.82, 2.24) is 20.2 Å². The fourth-order valence-electron chi connectivity index (χ4n) is 1.68. The maximum absolute atomic E-state index is 5.39. The first-order valence-electron chi connectivity index (χ1n) is 5.53. The number of aromatic nitrogens is 4. The topological polar surface area (TPSA) is 74.1 Å². The van der Waals surface area contributed by atoms with Crippen molar-refractivity contribution in [1.29, 1.82) is 0 Å². The Kier molecular flexibility index (Phi) is 4.20. The molecule has 0 atom stereocenters. The van der Waals surface area contributed by atoms with Crippen molar-refractivity contribution >= 4 is 21.9 Å². The van der Waals surface area contributed by atoms with E-state index < -0.39 is 0 Å². The zero-order chi connectivity index (χ0) is 13.8. The van der Waals surface area contributed by atoms with Gasteiger partial charge in [0.2, 0.25) is 5.95 Å². The lowest BCUT2D eigenvalue weighted by molar-refractivity contribution is 0.351. The fraction of sp³-hybridized carbons (Fsp3) is 0.364. The number of tetrazole rings is 1. The highest BCUT2D eigenvalue weighted by atomic mass is 79.9. The van der Waals surface area contributed by atoms with Gasteiger partial charge in [-0.3, -0.25) is 0 Å². The summed E-state index contributed by atoms with van der Waals surface area (Å²) in [5, 5.41) is 14.3. The number of nitrogens with zero attached hydrogens (tertiary/aromatic N) is 4. The van der Waals surface area contributed by atoms with E-state index in [1.165, 1.54) is 0 Å². The number of aryl methyl sites for hydroxylation is 1. The zero-order valence-electron chi connectivity index (χ0n) is 10.8. The molecule has 0 aliphatic rings. The summed E-state index contributed by atoms with van der Waals surface area (Å²) in [6.07, 6.45) is 0. The number of anilines is 1. The molecule has 0 aliphatic heterocycles. The zero-order valence-corrected chi connectivity index (χ0v) is 12.4. The number of rotatable bonds is 5. The van der Waals surface area contributed by atoms with Crippen LogP contribution in [0.3, 0.4) is 0 Å². The van der Waals surface area contributed by atoms with Gasteiger partial charge in [0.15, 0.2) is 11.5 Å². The molecule has 0 aliphatic carbocycles. The van der Waals surface area contributed by atoms with Gasteiger partial charge in [0, 0.05) is 23.6 Å². The van der Waals surface area contributed by atoms with E-state index in [4.69, 9.17) is 9.47 Å². The number of halogens is 1. The van der Waals surface area contributed by atoms with Gasteiger partial charge in [-0.25, -0.2) is 4.68 Å². The molecular formula is C11H14BrN5O2. The van der Waals surface area contributed by atoms with Gasteiger partial charge in [0.05, 0.1) is 14.2 Å². The Labute approximate surface area is 119 Å². The van der Waals surface area contributed by atoms with Crippen molar-refractivity contribution < 1.29 is 9.47 Å². The normalized spacial score (nSPS) is 10.3. The van der Waals surface area contributed by atoms with Crippen LogP contribution in [0.15, 0.2) is 16.6 Å². The van der Waals surface area contributed by atoms with E-state index in [0.29, 0.717) is 24.0 Å². The fourth-order valence-corrected chi connectivity index (χ4v) is 2.13. The molecule has 1 N–H and O–H groups in total. The molecule has 1 heterocycles. The quantitative estimate of drug-likeness (QED) is 0.899. The molecule has 2 aromatic rings. The molecule has 0 radical (unpaired) electrons. The van der Waals surface area contributed by atoms with Gasteiger partial charge in [0.25, 0.3) is 0 Å². The molecule has 0 unspecified atom stereocenters. The summed E-state index contributed by atoms with van der Waals surface area (Å²) in [7, 11) is 4.98. The predicted octanol–water partition coefficient (Wildman–Crippen LogP) is 1.60. The van der Waals surface area contributed by atoms with Crippen LogP contribution in [0.25, 0.3) is 0 Å². The predicted molar refractivity (Wildman–Crippen MR) is 73.4 cm³/mol. The molecule has 7 nitrogen and oxygen atoms in total. The first-order chi connectivity index (χ1) is 9.17. The van der Waals surface area contributed by atoms with E-state index in [-0.39, 0.29) is 0 Å². The molecule has 0 saturated carbocycles. The van der Waals surface area contributed by atoms with Crippen LogP contribution in [0, 0.1) is 0 Å². The van der Waals surface area contributed by atoms with Gasteiger partial charge in [-0.2, -0.15) is 0 Å². The van der Waals surface area contributed by atoms with Gasteiger partial charge >= 0.3 is 0 Å². The lowest BCUT2D eigenvalue weighted by Crippen LogP contribution is -2.08. The monoisotopic (exact) mass is 327 g/mol. The summed E-state index contributed by atoms with van der Waals surface area (Å²) in [5.41, 5.74) is 0.935. The molecular weight excluding hydrogens is 314 g/mol. The minimum Gasteiger partial charge on any atom is -0.493 e. The van der Waals surface area contributed by atoms with Crippen molar-refractivity contribution in [3.8, 4) is 11.5 Å². The van der Waals surface area contributed by atoms with Crippen LogP contribution in [0.5, 0.6) is 11.5 Å². The number of hydrogen-bond donors (Lipinski definition) is 1. The smallest absolute Gasteiger partial charge is 0.242 e. The summed E-state index contributed by atoms with van der Waals surface area (Å²) >= 11 is 3.50. The molecule has 0 fully saturated rings. The molecule has 0 amide bonds. The molecule has 0 spiro atoms. The van der Waals surface area contributed by atoms with Gasteiger partial charge in [-0.05, 0) is 22.6 Å². The second-order valence-corrected chi connectivity index (χ2v) is 4.60. The third kappa shape index (κ3) is 2.78. The van der Waals surface area contributed by atoms with Crippen LogP contribution in [0.4, 0.5) is 5.95 Å². The third-order valence-corrected chi connectivity index (χ3v) is 3.38. The van der Waals surface area contributed by atoms with E-state index >= 15 is 0 Å². The second kappa shape index (κ2) is 5.87. The number of methoxy groups -OCH3 is 2. The van der Waals surface area contributed by atoms with Gasteiger partial charge in [0.1, 0.15) is 0 Å². The highest BCUT2D eigenvalue weighted by Gasteiger charge is 2.14. The van der Waals surface area contributed by atoms with Crippen molar-refractivity contribution in [3.63, 3.8) is 0 Å². The summed E-state index contributed by atoms with van der Waals surface area (Å²) in [6.45, 7) is 0.509. The Hall–Kier alpha value is -1.83. The molecule has 1 aromatic heterocycles. The van der Waals surface area contributed by atoms with Crippen molar-refractivity contribution in [2.24, 2.45) is 7.05 Å². The average molecular weight is 328 g/mol. The van der Waals surface area contributed by atoms with E-state index in [9.17, 15) is 0 Å². The lowest BCUT2D eigenvalue weighted by atomic mass is 10.2. The number of hydrogen-bond acceptors (Lipinski definition) is 6. The maximum Gasteiger partial charge on any atom is 0.242 e. The molecule has 0 bridgehead atoms. The standard InChI is InChI=1S/C11H14BrN5O2/c1-17-11(14-15-16-17)13-6-7-8(12)4-5-9(18-2)10(7)19-3/h4-5H,6H2,1-3H3,(H,13,14,16). The van der Waals surface area contributed by atoms with E-state index in [0.717, 1.165) is 10.0 Å². The lowest BCUT2D eigenvalue weighted by Gasteiger charge is -2.14. The Bertz CT molecular complexity index is 572. The summed E-state index contributed by atoms with van der Waals surface area (Å²) < 4.78 is 13.1. The van der Waals surface area contributed by atoms with Crippen molar-refractivity contribution in [2.45, 2.75) is 6.54 Å². The summed E-state index contributed by atoms with van der Waals surface area (Å²) in [5.74, 6) is 1.94. The number of nitrogens with one attached hydrogen (secondary N) is 1. The highest BCUT2D eigenvalue weighted by molar-refractivity contribution is 9.10. The molecule has 2 rings (SSSR count). The minimum absolute atomic E-state index is 0.509. The molecule has 102 valence electrons. The van der Waals surface area contributed by atoms with Gasteiger partial charge in [-0.15, -0.1) is 0 Å². The molecule has 19 heavy (non-hydrogen) atoms. The van der Waals surface area contributed by atoms with Gasteiger partial charge in [-0.1, -0.05) is 21.0 Å². The maximum atomic E-state index is 5.39. The first-order valence-corrected chi connectivity index (χ1v) is 6.32. The van der Waals surface area contributed by atoms with Gasteiger partial charge < -0.3 is 14.8 Å². The number of benzene rings is 1. The van der Waals surface area contributed by atoms with Crippen LogP contribution in [-0.4, -0.2) is 34.4 Å². The molecule has 1 aromatic carbocycles. The molecule has 0 saturated heterocycles. The third-order valence-electron chi connectivity index (χ3n) is 2.63. The van der Waals surface area contributed by atoms with E-state index in [1.54, 1.807) is 25.9 Å². The largest absolute Gasteiger partial charge is 0.493 e. The summed E-state index contributed by atoms with van der Waals surface area (Å²) in [6, 6.07) is 3.75. The van der Waals surface area contributed by atoms with Crippen LogP contribution >= 0.6 is 15.9 Å². The van der Waals surface area contributed by atoms with Crippen molar-refractivity contribution in [2.75, 3.05) is 19.5 Å². The SMILES string of the molecule is COc1ccc(Br)c(CNc2nnnn2C)c1OC. The van der Waals surface area contributed by atoms with Crippen LogP contribution in [-0.2, 0) is 13.6 Å². The Morgan fingerprint density at radius 1 is 1.32 bits per heavy atom. The summed E-state index contributed by atoms with van der Waals surface area (Å²) in [4.78, 5) is 0. The van der Waals surface area contributed by atoms with E-state index in [1.807, 2.05) is 12.1 Å². The second-order valence-electron chi connectivity index (χ2n) is 3.74. The van der Waals surface area contributed by atoms with Crippen LogP contribution in [0.1, 0.15) is 5.56 Å². The molecule has 8 heteroatoms. The minimum atomic E-state index is 0.509. The Morgan fingerprint density at radius 2 is 2.11 bits per heavy atom. The number of ether oxygens (including phenoxy) is 2. The highest BCUT2D eigenvalue weighted by Crippen LogP contribution is 2.36. The van der Waals surface area contributed by atoms with Crippen LogP contribution < -0.4 is 14.8 Å². The van der Waals surface area contributed by atoms with Crippen molar-refractivity contribution in [3.05, 3.63) is 22.2 Å². The van der Waals surface area contributed by atoms with Crippen LogP contribution in [0.2, 0.25) is 0 Å². The Morgan fingerprint density at radius 3 is 2.68 bits per heavy atom. The van der Waals surface area contributed by atoms with E-state index in [2.05, 4.69) is 36.8 Å². The first kappa shape index (κ1) is 13.6. The Balaban J connectivity index is 2.26. The average Bonchev–Trinajstić information content (AvgIpc) is 2.82.